The molecular formula is C23H20N4. The Labute approximate surface area is 158 Å². The van der Waals surface area contributed by atoms with Gasteiger partial charge in [0, 0.05) is 6.42 Å². The van der Waals surface area contributed by atoms with Crippen molar-refractivity contribution in [2.75, 3.05) is 5.01 Å². The van der Waals surface area contributed by atoms with Crippen molar-refractivity contribution in [2.45, 2.75) is 19.4 Å². The summed E-state index contributed by atoms with van der Waals surface area (Å²) in [5, 5.41) is 7.08. The molecule has 3 aromatic carbocycles. The zero-order chi connectivity index (χ0) is 18.2. The molecule has 4 aromatic rings. The number of aromatic nitrogens is 2. The van der Waals surface area contributed by atoms with Gasteiger partial charge in [-0.2, -0.15) is 5.10 Å². The van der Waals surface area contributed by atoms with Gasteiger partial charge in [-0.15, -0.1) is 0 Å². The van der Waals surface area contributed by atoms with Gasteiger partial charge in [-0.25, -0.2) is 4.98 Å². The molecule has 0 saturated heterocycles. The van der Waals surface area contributed by atoms with Gasteiger partial charge in [0.2, 0.25) is 0 Å². The molecule has 1 aliphatic rings. The Bertz CT molecular complexity index is 1080. The average Bonchev–Trinajstić information content (AvgIpc) is 3.34. The highest BCUT2D eigenvalue weighted by Gasteiger charge is 2.31. The lowest BCUT2D eigenvalue weighted by Crippen LogP contribution is -2.18. The molecule has 0 fully saturated rings. The average molecular weight is 352 g/mol. The van der Waals surface area contributed by atoms with Gasteiger partial charge in [0.15, 0.2) is 5.82 Å². The van der Waals surface area contributed by atoms with Crippen LogP contribution in [-0.4, -0.2) is 15.7 Å². The Balaban J connectivity index is 1.57. The van der Waals surface area contributed by atoms with Gasteiger partial charge in [0.05, 0.1) is 22.8 Å². The normalized spacial score (nSPS) is 16.7. The lowest BCUT2D eigenvalue weighted by molar-refractivity contribution is 0.708. The molecule has 1 aliphatic heterocycles. The van der Waals surface area contributed by atoms with E-state index in [1.807, 2.05) is 30.3 Å². The molecule has 132 valence electrons. The number of fused-ring (bicyclic) bond motifs is 1. The second-order valence-corrected chi connectivity index (χ2v) is 6.96. The van der Waals surface area contributed by atoms with Gasteiger partial charge in [-0.05, 0) is 36.8 Å². The van der Waals surface area contributed by atoms with E-state index in [9.17, 15) is 0 Å². The summed E-state index contributed by atoms with van der Waals surface area (Å²) in [6.07, 6.45) is 0.817. The number of H-pyrrole nitrogens is 1. The molecule has 0 saturated carbocycles. The van der Waals surface area contributed by atoms with Crippen LogP contribution in [0.1, 0.15) is 29.4 Å². The zero-order valence-corrected chi connectivity index (χ0v) is 15.1. The monoisotopic (exact) mass is 352 g/mol. The molecule has 1 N–H and O–H groups in total. The Kier molecular flexibility index (Phi) is 3.75. The van der Waals surface area contributed by atoms with E-state index in [0.717, 1.165) is 34.7 Å². The Morgan fingerprint density at radius 1 is 0.889 bits per heavy atom. The van der Waals surface area contributed by atoms with E-state index in [2.05, 4.69) is 65.4 Å². The summed E-state index contributed by atoms with van der Waals surface area (Å²) in [4.78, 5) is 8.17. The summed E-state index contributed by atoms with van der Waals surface area (Å²) in [7, 11) is 0. The topological polar surface area (TPSA) is 44.3 Å². The highest BCUT2D eigenvalue weighted by molar-refractivity contribution is 6.02. The van der Waals surface area contributed by atoms with Crippen molar-refractivity contribution in [3.05, 3.63) is 95.8 Å². The summed E-state index contributed by atoms with van der Waals surface area (Å²) in [5.74, 6) is 0.853. The summed E-state index contributed by atoms with van der Waals surface area (Å²) in [6.45, 7) is 2.11. The third kappa shape index (κ3) is 2.89. The number of hydrogen-bond donors (Lipinski definition) is 1. The third-order valence-corrected chi connectivity index (χ3v) is 5.06. The van der Waals surface area contributed by atoms with Gasteiger partial charge in [-0.1, -0.05) is 60.2 Å². The van der Waals surface area contributed by atoms with Crippen molar-refractivity contribution >= 4 is 22.4 Å². The number of aryl methyl sites for hydroxylation is 1. The summed E-state index contributed by atoms with van der Waals surface area (Å²) in [6, 6.07) is 27.3. The number of rotatable bonds is 3. The molecule has 0 bridgehead atoms. The van der Waals surface area contributed by atoms with E-state index in [0.29, 0.717) is 0 Å². The second-order valence-electron chi connectivity index (χ2n) is 6.96. The number of hydrogen-bond acceptors (Lipinski definition) is 3. The Morgan fingerprint density at radius 2 is 1.63 bits per heavy atom. The van der Waals surface area contributed by atoms with Crippen molar-refractivity contribution in [2.24, 2.45) is 5.10 Å². The lowest BCUT2D eigenvalue weighted by atomic mass is 10.00. The number of nitrogens with one attached hydrogen (secondary N) is 1. The number of imidazole rings is 1. The van der Waals surface area contributed by atoms with E-state index in [4.69, 9.17) is 10.1 Å². The number of aromatic amines is 1. The standard InChI is InChI=1S/C23H20N4/c1-16-11-13-17(14-12-16)22-15-21(26-27(22)18-7-3-2-4-8-18)23-24-19-9-5-6-10-20(19)25-23/h2-14,22H,15H2,1H3,(H,24,25). The zero-order valence-electron chi connectivity index (χ0n) is 15.1. The molecule has 0 amide bonds. The number of nitrogens with zero attached hydrogens (tertiary/aromatic N) is 3. The van der Waals surface area contributed by atoms with Gasteiger partial charge < -0.3 is 4.98 Å². The van der Waals surface area contributed by atoms with Gasteiger partial charge in [0.25, 0.3) is 0 Å². The van der Waals surface area contributed by atoms with Crippen molar-refractivity contribution in [3.63, 3.8) is 0 Å². The largest absolute Gasteiger partial charge is 0.337 e. The molecular weight excluding hydrogens is 332 g/mol. The first-order chi connectivity index (χ1) is 13.3. The minimum absolute atomic E-state index is 0.163. The quantitative estimate of drug-likeness (QED) is 0.549. The van der Waals surface area contributed by atoms with Crippen LogP contribution >= 0.6 is 0 Å². The van der Waals surface area contributed by atoms with Crippen molar-refractivity contribution < 1.29 is 0 Å². The Morgan fingerprint density at radius 3 is 2.41 bits per heavy atom. The maximum absolute atomic E-state index is 4.96. The van der Waals surface area contributed by atoms with Crippen molar-refractivity contribution in [1.29, 1.82) is 0 Å². The number of hydrazone groups is 1. The van der Waals surface area contributed by atoms with Crippen LogP contribution in [-0.2, 0) is 0 Å². The van der Waals surface area contributed by atoms with Crippen molar-refractivity contribution in [1.82, 2.24) is 9.97 Å². The maximum atomic E-state index is 4.96. The molecule has 5 rings (SSSR count). The fraction of sp³-hybridized carbons (Fsp3) is 0.130. The highest BCUT2D eigenvalue weighted by atomic mass is 15.5. The van der Waals surface area contributed by atoms with Crippen molar-refractivity contribution in [3.8, 4) is 0 Å². The minimum atomic E-state index is 0.163. The lowest BCUT2D eigenvalue weighted by Gasteiger charge is -2.24. The number of benzene rings is 3. The van der Waals surface area contributed by atoms with E-state index < -0.39 is 0 Å². The molecule has 1 atom stereocenters. The predicted molar refractivity (Wildman–Crippen MR) is 110 cm³/mol. The second kappa shape index (κ2) is 6.40. The molecule has 0 radical (unpaired) electrons. The van der Waals surface area contributed by atoms with Crippen LogP contribution in [0.25, 0.3) is 11.0 Å². The number of anilines is 1. The summed E-state index contributed by atoms with van der Waals surface area (Å²) < 4.78 is 0. The fourth-order valence-electron chi connectivity index (χ4n) is 3.61. The van der Waals surface area contributed by atoms with Gasteiger partial charge in [0.1, 0.15) is 5.71 Å². The number of para-hydroxylation sites is 3. The first-order valence-electron chi connectivity index (χ1n) is 9.21. The molecule has 0 aliphatic carbocycles. The molecule has 4 heteroatoms. The first kappa shape index (κ1) is 15.8. The molecule has 2 heterocycles. The molecule has 1 aromatic heterocycles. The van der Waals surface area contributed by atoms with Crippen LogP contribution in [0, 0.1) is 6.92 Å². The molecule has 4 nitrogen and oxygen atoms in total. The van der Waals surface area contributed by atoms with E-state index >= 15 is 0 Å². The van der Waals surface area contributed by atoms with Gasteiger partial charge >= 0.3 is 0 Å². The third-order valence-electron chi connectivity index (χ3n) is 5.06. The summed E-state index contributed by atoms with van der Waals surface area (Å²) >= 11 is 0. The van der Waals surface area contributed by atoms with E-state index in [1.54, 1.807) is 0 Å². The predicted octanol–water partition coefficient (Wildman–Crippen LogP) is 5.23. The fourth-order valence-corrected chi connectivity index (χ4v) is 3.61. The van der Waals surface area contributed by atoms with Crippen LogP contribution in [0.4, 0.5) is 5.69 Å². The maximum Gasteiger partial charge on any atom is 0.154 e. The van der Waals surface area contributed by atoms with E-state index in [1.165, 1.54) is 11.1 Å². The van der Waals surface area contributed by atoms with Crippen LogP contribution in [0.2, 0.25) is 0 Å². The highest BCUT2D eigenvalue weighted by Crippen LogP contribution is 2.36. The van der Waals surface area contributed by atoms with Crippen LogP contribution < -0.4 is 5.01 Å². The Hall–Kier alpha value is -3.40. The SMILES string of the molecule is Cc1ccc(C2CC(c3nc4ccccc4[nH]3)=NN2c2ccccc2)cc1. The molecule has 27 heavy (non-hydrogen) atoms. The van der Waals surface area contributed by atoms with Crippen LogP contribution in [0.3, 0.4) is 0 Å². The van der Waals surface area contributed by atoms with Crippen LogP contribution in [0.5, 0.6) is 0 Å². The van der Waals surface area contributed by atoms with Crippen LogP contribution in [0.15, 0.2) is 84.0 Å². The smallest absolute Gasteiger partial charge is 0.154 e. The van der Waals surface area contributed by atoms with Gasteiger partial charge in [-0.3, -0.25) is 5.01 Å². The molecule has 0 spiro atoms. The first-order valence-corrected chi connectivity index (χ1v) is 9.21. The van der Waals surface area contributed by atoms with E-state index in [-0.39, 0.29) is 6.04 Å². The molecule has 1 unspecified atom stereocenters. The summed E-state index contributed by atoms with van der Waals surface area (Å²) in [5.41, 5.74) is 6.62. The minimum Gasteiger partial charge on any atom is -0.337 e.